The van der Waals surface area contributed by atoms with Gasteiger partial charge >= 0.3 is 0 Å². The molecule has 6 atom stereocenters. The molecule has 3 fully saturated rings. The molecule has 4 aliphatic carbocycles. The van der Waals surface area contributed by atoms with Crippen molar-refractivity contribution in [3.63, 3.8) is 0 Å². The number of benzene rings is 2. The third kappa shape index (κ3) is 2.87. The van der Waals surface area contributed by atoms with E-state index in [1.807, 2.05) is 0 Å². The van der Waals surface area contributed by atoms with Crippen molar-refractivity contribution in [3.05, 3.63) is 71.3 Å². The number of hydrogen-bond donors (Lipinski definition) is 0. The van der Waals surface area contributed by atoms with E-state index in [4.69, 9.17) is 16.3 Å². The maximum Gasteiger partial charge on any atom is 0.238 e. The molecule has 0 spiro atoms. The topological polar surface area (TPSA) is 63.7 Å². The average molecular weight is 434 g/mol. The van der Waals surface area contributed by atoms with E-state index in [9.17, 15) is 14.4 Å². The standard InChI is InChI=1S/C25H20ClNO4/c26-14-3-1-13(2-4-14)21(28)12-31-16-7-5-15(6-8-16)27-24(29)22-17-9-10-18(20-11-19(17)20)23(22)25(27)30/h1-10,17-20,22-23H,11-12H2/t17-,18-,19-,20+,22+,23-/m1/s1. The summed E-state index contributed by atoms with van der Waals surface area (Å²) in [5, 5.41) is 0.569. The zero-order chi connectivity index (χ0) is 21.3. The number of nitrogens with zero attached hydrogens (tertiary/aromatic N) is 1. The molecule has 1 heterocycles. The summed E-state index contributed by atoms with van der Waals surface area (Å²) >= 11 is 5.85. The highest BCUT2D eigenvalue weighted by atomic mass is 35.5. The van der Waals surface area contributed by atoms with Crippen LogP contribution in [0.25, 0.3) is 0 Å². The molecular formula is C25H20ClNO4. The van der Waals surface area contributed by atoms with Crippen LogP contribution in [0, 0.1) is 35.5 Å². The number of Topliss-reactive ketones (excluding diaryl/α,β-unsaturated/α-hetero) is 1. The van der Waals surface area contributed by atoms with Gasteiger partial charge in [-0.25, -0.2) is 0 Å². The van der Waals surface area contributed by atoms with E-state index in [1.54, 1.807) is 48.5 Å². The number of rotatable bonds is 5. The van der Waals surface area contributed by atoms with E-state index in [-0.39, 0.29) is 47.9 Å². The second kappa shape index (κ2) is 6.79. The summed E-state index contributed by atoms with van der Waals surface area (Å²) in [6, 6.07) is 13.5. The van der Waals surface area contributed by atoms with Crippen LogP contribution >= 0.6 is 11.6 Å². The molecule has 5 aliphatic rings. The maximum absolute atomic E-state index is 13.2. The van der Waals surface area contributed by atoms with Crippen LogP contribution in [-0.4, -0.2) is 24.2 Å². The van der Waals surface area contributed by atoms with Crippen molar-refractivity contribution in [1.29, 1.82) is 0 Å². The second-order valence-corrected chi connectivity index (χ2v) is 9.32. The number of anilines is 1. The number of imide groups is 1. The van der Waals surface area contributed by atoms with Crippen LogP contribution in [0.4, 0.5) is 5.69 Å². The van der Waals surface area contributed by atoms with Crippen molar-refractivity contribution in [3.8, 4) is 5.75 Å². The van der Waals surface area contributed by atoms with E-state index < -0.39 is 0 Å². The lowest BCUT2D eigenvalue weighted by Gasteiger charge is -2.37. The Labute approximate surface area is 184 Å². The first-order valence-electron chi connectivity index (χ1n) is 10.6. The molecule has 2 saturated carbocycles. The predicted molar refractivity (Wildman–Crippen MR) is 115 cm³/mol. The molecule has 2 aromatic carbocycles. The van der Waals surface area contributed by atoms with Crippen LogP contribution in [0.3, 0.4) is 0 Å². The Morgan fingerprint density at radius 2 is 1.48 bits per heavy atom. The molecule has 1 aliphatic heterocycles. The minimum Gasteiger partial charge on any atom is -0.485 e. The van der Waals surface area contributed by atoms with E-state index in [2.05, 4.69) is 12.2 Å². The SMILES string of the molecule is O=C(COc1ccc(N2C(=O)[C@@H]3[C@@H]4C=C[C@H]([C@H]5C[C@@H]45)[C@@H]3C2=O)cc1)c1ccc(Cl)cc1. The normalized spacial score (nSPS) is 32.1. The van der Waals surface area contributed by atoms with Crippen molar-refractivity contribution in [1.82, 2.24) is 0 Å². The summed E-state index contributed by atoms with van der Waals surface area (Å²) in [7, 11) is 0. The first-order valence-corrected chi connectivity index (χ1v) is 11.0. The quantitative estimate of drug-likeness (QED) is 0.403. The number of carbonyl (C=O) groups excluding carboxylic acids is 3. The number of carbonyl (C=O) groups is 3. The monoisotopic (exact) mass is 433 g/mol. The Morgan fingerprint density at radius 3 is 2.06 bits per heavy atom. The van der Waals surface area contributed by atoms with Gasteiger partial charge in [0.2, 0.25) is 11.8 Å². The fraction of sp³-hybridized carbons (Fsp3) is 0.320. The summed E-state index contributed by atoms with van der Waals surface area (Å²) in [6.07, 6.45) is 5.49. The highest BCUT2D eigenvalue weighted by Gasteiger charge is 2.67. The van der Waals surface area contributed by atoms with Gasteiger partial charge in [-0.05, 0) is 78.6 Å². The number of hydrogen-bond acceptors (Lipinski definition) is 4. The lowest BCUT2D eigenvalue weighted by Crippen LogP contribution is -2.40. The third-order valence-electron chi connectivity index (χ3n) is 7.29. The highest BCUT2D eigenvalue weighted by molar-refractivity contribution is 6.30. The summed E-state index contributed by atoms with van der Waals surface area (Å²) in [5.74, 6) is 1.37. The lowest BCUT2D eigenvalue weighted by atomic mass is 9.63. The van der Waals surface area contributed by atoms with Gasteiger partial charge in [-0.1, -0.05) is 23.8 Å². The van der Waals surface area contributed by atoms with Crippen molar-refractivity contribution < 1.29 is 19.1 Å². The number of halogens is 1. The van der Waals surface area contributed by atoms with Gasteiger partial charge in [-0.3, -0.25) is 19.3 Å². The fourth-order valence-electron chi connectivity index (χ4n) is 5.77. The molecule has 156 valence electrons. The molecule has 2 bridgehead atoms. The second-order valence-electron chi connectivity index (χ2n) is 8.88. The Balaban J connectivity index is 1.16. The molecule has 2 amide bonds. The van der Waals surface area contributed by atoms with Gasteiger partial charge in [-0.2, -0.15) is 0 Å². The molecule has 0 radical (unpaired) electrons. The van der Waals surface area contributed by atoms with Crippen LogP contribution < -0.4 is 9.64 Å². The molecule has 0 N–H and O–H groups in total. The molecule has 5 nitrogen and oxygen atoms in total. The first-order chi connectivity index (χ1) is 15.0. The van der Waals surface area contributed by atoms with E-state index in [0.717, 1.165) is 6.42 Å². The van der Waals surface area contributed by atoms with Crippen molar-refractivity contribution in [2.75, 3.05) is 11.5 Å². The van der Waals surface area contributed by atoms with Gasteiger partial charge in [0.05, 0.1) is 17.5 Å². The summed E-state index contributed by atoms with van der Waals surface area (Å²) < 4.78 is 5.60. The largest absolute Gasteiger partial charge is 0.485 e. The minimum atomic E-state index is -0.209. The van der Waals surface area contributed by atoms with E-state index in [0.29, 0.717) is 33.9 Å². The zero-order valence-electron chi connectivity index (χ0n) is 16.6. The smallest absolute Gasteiger partial charge is 0.238 e. The van der Waals surface area contributed by atoms with Crippen molar-refractivity contribution in [2.24, 2.45) is 35.5 Å². The van der Waals surface area contributed by atoms with Crippen molar-refractivity contribution >= 4 is 34.9 Å². The van der Waals surface area contributed by atoms with Crippen LogP contribution in [0.15, 0.2) is 60.7 Å². The number of amides is 2. The minimum absolute atomic E-state index is 0.0775. The van der Waals surface area contributed by atoms with Gasteiger partial charge < -0.3 is 4.74 Å². The molecule has 7 rings (SSSR count). The predicted octanol–water partition coefficient (Wildman–Crippen LogP) is 4.16. The van der Waals surface area contributed by atoms with E-state index >= 15 is 0 Å². The van der Waals surface area contributed by atoms with E-state index in [1.165, 1.54) is 4.90 Å². The molecular weight excluding hydrogens is 414 g/mol. The van der Waals surface area contributed by atoms with Gasteiger partial charge in [0.25, 0.3) is 0 Å². The Morgan fingerprint density at radius 1 is 0.903 bits per heavy atom. The van der Waals surface area contributed by atoms with Gasteiger partial charge in [0.15, 0.2) is 12.4 Å². The number of allylic oxidation sites excluding steroid dienone is 2. The Hall–Kier alpha value is -2.92. The van der Waals surface area contributed by atoms with Crippen LogP contribution in [0.2, 0.25) is 5.02 Å². The van der Waals surface area contributed by atoms with Crippen LogP contribution in [0.1, 0.15) is 16.8 Å². The summed E-state index contributed by atoms with van der Waals surface area (Å²) in [6.45, 7) is -0.107. The molecule has 31 heavy (non-hydrogen) atoms. The number of ether oxygens (including phenoxy) is 1. The molecule has 0 unspecified atom stereocenters. The fourth-order valence-corrected chi connectivity index (χ4v) is 5.90. The Bertz CT molecular complexity index is 1090. The van der Waals surface area contributed by atoms with Gasteiger partial charge in [0.1, 0.15) is 5.75 Å². The summed E-state index contributed by atoms with van der Waals surface area (Å²) in [4.78, 5) is 40.0. The van der Waals surface area contributed by atoms with Crippen LogP contribution in [-0.2, 0) is 9.59 Å². The summed E-state index contributed by atoms with van der Waals surface area (Å²) in [5.41, 5.74) is 1.09. The molecule has 2 aromatic rings. The number of ketones is 1. The lowest BCUT2D eigenvalue weighted by molar-refractivity contribution is -0.124. The van der Waals surface area contributed by atoms with Crippen molar-refractivity contribution in [2.45, 2.75) is 6.42 Å². The zero-order valence-corrected chi connectivity index (χ0v) is 17.4. The van der Waals surface area contributed by atoms with Gasteiger partial charge in [0, 0.05) is 10.6 Å². The molecule has 1 saturated heterocycles. The third-order valence-corrected chi connectivity index (χ3v) is 7.55. The molecule has 6 heteroatoms. The highest BCUT2D eigenvalue weighted by Crippen LogP contribution is 2.65. The van der Waals surface area contributed by atoms with Gasteiger partial charge in [-0.15, -0.1) is 0 Å². The Kier molecular flexibility index (Phi) is 4.12. The van der Waals surface area contributed by atoms with Crippen LogP contribution in [0.5, 0.6) is 5.75 Å². The maximum atomic E-state index is 13.2. The first kappa shape index (κ1) is 18.8. The average Bonchev–Trinajstić information content (AvgIpc) is 3.56. The molecule has 0 aromatic heterocycles.